The number of amides is 5. The van der Waals surface area contributed by atoms with Crippen LogP contribution in [0.1, 0.15) is 90.0 Å². The zero-order chi connectivity index (χ0) is 42.7. The highest BCUT2D eigenvalue weighted by atomic mass is 35.5. The molecule has 1 unspecified atom stereocenters. The highest BCUT2D eigenvalue weighted by Crippen LogP contribution is 2.55. The molecule has 1 aliphatic carbocycles. The summed E-state index contributed by atoms with van der Waals surface area (Å²) in [7, 11) is 0. The van der Waals surface area contributed by atoms with Crippen molar-refractivity contribution in [3.05, 3.63) is 87.7 Å². The number of nitrogens with zero attached hydrogens (tertiary/aromatic N) is 5. The molecule has 3 aromatic rings. The summed E-state index contributed by atoms with van der Waals surface area (Å²) in [6.07, 6.45) is 1.85. The van der Waals surface area contributed by atoms with E-state index in [1.54, 1.807) is 42.5 Å². The van der Waals surface area contributed by atoms with E-state index in [1.807, 2.05) is 44.7 Å². The molecule has 60 heavy (non-hydrogen) atoms. The fraction of sp³-hybridized carbons (Fsp3) is 0.467. The summed E-state index contributed by atoms with van der Waals surface area (Å²) in [6, 6.07) is 15.7. The van der Waals surface area contributed by atoms with E-state index in [2.05, 4.69) is 20.4 Å². The molecule has 3 aromatic carbocycles. The minimum absolute atomic E-state index is 0.0761. The Morgan fingerprint density at radius 1 is 0.883 bits per heavy atom. The molecule has 5 amide bonds. The van der Waals surface area contributed by atoms with Crippen LogP contribution in [0.5, 0.6) is 5.75 Å². The third-order valence-electron chi connectivity index (χ3n) is 13.3. The molecule has 1 atom stereocenters. The second kappa shape index (κ2) is 15.8. The Bertz CT molecular complexity index is 2300. The monoisotopic (exact) mass is 837 g/mol. The van der Waals surface area contributed by atoms with E-state index in [0.717, 1.165) is 56.2 Å². The number of imide groups is 2. The van der Waals surface area contributed by atoms with Gasteiger partial charge in [-0.25, -0.2) is 4.39 Å². The van der Waals surface area contributed by atoms with E-state index >= 15 is 4.39 Å². The molecule has 0 bridgehead atoms. The second-order valence-electron chi connectivity index (χ2n) is 17.9. The Hall–Kier alpha value is -5.52. The lowest BCUT2D eigenvalue weighted by Gasteiger charge is -2.63. The van der Waals surface area contributed by atoms with Gasteiger partial charge in [0.2, 0.25) is 11.8 Å². The number of piperidine rings is 2. The first-order chi connectivity index (χ1) is 28.6. The molecule has 3 saturated heterocycles. The van der Waals surface area contributed by atoms with Crippen molar-refractivity contribution in [3.63, 3.8) is 0 Å². The lowest BCUT2D eigenvalue weighted by molar-refractivity contribution is -0.164. The molecule has 0 aromatic heterocycles. The lowest BCUT2D eigenvalue weighted by Crippen LogP contribution is -2.74. The molecule has 15 heteroatoms. The number of carbonyl (C=O) groups excluding carboxylic acids is 5. The number of anilines is 2. The molecule has 5 aliphatic rings. The molecule has 2 N–H and O–H groups in total. The Labute approximate surface area is 353 Å². The van der Waals surface area contributed by atoms with Crippen molar-refractivity contribution in [3.8, 4) is 11.8 Å². The van der Waals surface area contributed by atoms with Gasteiger partial charge in [-0.05, 0) is 73.7 Å². The van der Waals surface area contributed by atoms with Crippen LogP contribution in [-0.4, -0.2) is 103 Å². The van der Waals surface area contributed by atoms with E-state index in [-0.39, 0.29) is 47.6 Å². The van der Waals surface area contributed by atoms with Crippen LogP contribution in [0, 0.1) is 33.9 Å². The van der Waals surface area contributed by atoms with Gasteiger partial charge in [0.1, 0.15) is 29.8 Å². The summed E-state index contributed by atoms with van der Waals surface area (Å²) in [5.41, 5.74) is 1.62. The van der Waals surface area contributed by atoms with Crippen molar-refractivity contribution < 1.29 is 33.1 Å². The largest absolute Gasteiger partial charge is 0.489 e. The lowest BCUT2D eigenvalue weighted by atomic mass is 9.49. The first-order valence-corrected chi connectivity index (χ1v) is 21.0. The van der Waals surface area contributed by atoms with Gasteiger partial charge in [0.25, 0.3) is 17.7 Å². The number of nitrogens with one attached hydrogen (secondary N) is 2. The Kier molecular flexibility index (Phi) is 10.9. The van der Waals surface area contributed by atoms with E-state index in [0.29, 0.717) is 41.0 Å². The maximum absolute atomic E-state index is 15.7. The van der Waals surface area contributed by atoms with Crippen LogP contribution in [0.25, 0.3) is 0 Å². The standard InChI is InChI=1S/C45H49ClFN7O6/c1-44(2)42(45(3,4)43(44)60-30-8-5-28(24-48)33(46)23-30)50-38(56)27-6-10-35(34(47)21-27)53-19-17-51(18-20-53)25-26-13-15-52(16-14-26)29-7-9-31-32(22-29)41(59)54(40(31)58)36-11-12-37(55)49-39(36)57/h5-10,21-23,26,36,42-43H,11-20,25H2,1-4H3,(H,50,56)(H,49,55,57). The average Bonchev–Trinajstić information content (AvgIpc) is 3.47. The van der Waals surface area contributed by atoms with E-state index in [4.69, 9.17) is 16.3 Å². The predicted molar refractivity (Wildman–Crippen MR) is 223 cm³/mol. The van der Waals surface area contributed by atoms with Crippen molar-refractivity contribution in [1.82, 2.24) is 20.4 Å². The van der Waals surface area contributed by atoms with Crippen LogP contribution < -0.4 is 25.2 Å². The highest BCUT2D eigenvalue weighted by molar-refractivity contribution is 6.31. The summed E-state index contributed by atoms with van der Waals surface area (Å²) in [5.74, 6) is -1.80. The highest BCUT2D eigenvalue weighted by Gasteiger charge is 2.64. The maximum Gasteiger partial charge on any atom is 0.262 e. The van der Waals surface area contributed by atoms with Crippen molar-refractivity contribution in [2.75, 3.05) is 55.6 Å². The normalized spacial score (nSPS) is 24.1. The number of piperazine rings is 1. The summed E-state index contributed by atoms with van der Waals surface area (Å²) < 4.78 is 22.0. The molecule has 8 rings (SSSR count). The maximum atomic E-state index is 15.7. The Morgan fingerprint density at radius 2 is 1.58 bits per heavy atom. The number of ether oxygens (including phenoxy) is 1. The van der Waals surface area contributed by atoms with E-state index in [1.165, 1.54) is 6.07 Å². The van der Waals surface area contributed by atoms with Crippen LogP contribution in [-0.2, 0) is 9.59 Å². The van der Waals surface area contributed by atoms with Gasteiger partial charge in [0.05, 0.1) is 27.4 Å². The number of hydrogen-bond acceptors (Lipinski definition) is 10. The molecule has 0 spiro atoms. The van der Waals surface area contributed by atoms with Crippen LogP contribution >= 0.6 is 11.6 Å². The fourth-order valence-electron chi connectivity index (χ4n) is 10.3. The zero-order valence-corrected chi connectivity index (χ0v) is 35.0. The number of carbonyl (C=O) groups is 5. The molecule has 4 fully saturated rings. The Balaban J connectivity index is 0.805. The molecule has 13 nitrogen and oxygen atoms in total. The molecule has 314 valence electrons. The van der Waals surface area contributed by atoms with Gasteiger partial charge < -0.3 is 19.9 Å². The third-order valence-corrected chi connectivity index (χ3v) is 13.6. The molecular formula is C45H49ClFN7O6. The first kappa shape index (κ1) is 41.2. The van der Waals surface area contributed by atoms with Crippen molar-refractivity contribution in [2.24, 2.45) is 16.7 Å². The van der Waals surface area contributed by atoms with Crippen molar-refractivity contribution in [1.29, 1.82) is 5.26 Å². The third kappa shape index (κ3) is 7.47. The smallest absolute Gasteiger partial charge is 0.262 e. The quantitative estimate of drug-likeness (QED) is 0.268. The topological polar surface area (TPSA) is 155 Å². The number of benzene rings is 3. The fourth-order valence-corrected chi connectivity index (χ4v) is 10.5. The van der Waals surface area contributed by atoms with Crippen LogP contribution in [0.3, 0.4) is 0 Å². The predicted octanol–water partition coefficient (Wildman–Crippen LogP) is 5.40. The van der Waals surface area contributed by atoms with Gasteiger partial charge in [0, 0.05) is 86.4 Å². The molecule has 0 radical (unpaired) electrons. The summed E-state index contributed by atoms with van der Waals surface area (Å²) in [5, 5.41) is 14.9. The second-order valence-corrected chi connectivity index (χ2v) is 18.3. The first-order valence-electron chi connectivity index (χ1n) is 20.6. The Morgan fingerprint density at radius 3 is 2.23 bits per heavy atom. The van der Waals surface area contributed by atoms with Crippen LogP contribution in [0.15, 0.2) is 54.6 Å². The molecular weight excluding hydrogens is 789 g/mol. The van der Waals surface area contributed by atoms with Gasteiger partial charge in [-0.2, -0.15) is 5.26 Å². The van der Waals surface area contributed by atoms with Crippen LogP contribution in [0.4, 0.5) is 15.8 Å². The number of halogens is 2. The van der Waals surface area contributed by atoms with Crippen molar-refractivity contribution in [2.45, 2.75) is 71.6 Å². The zero-order valence-electron chi connectivity index (χ0n) is 34.2. The number of hydrogen-bond donors (Lipinski definition) is 2. The molecule has 4 heterocycles. The average molecular weight is 838 g/mol. The minimum Gasteiger partial charge on any atom is -0.489 e. The number of rotatable bonds is 9. The van der Waals surface area contributed by atoms with Gasteiger partial charge in [-0.1, -0.05) is 39.3 Å². The molecule has 4 aliphatic heterocycles. The molecule has 1 saturated carbocycles. The minimum atomic E-state index is -0.992. The SMILES string of the molecule is CC1(C)C(NC(=O)c2ccc(N3CCN(CC4CCN(c5ccc6c(c5)C(=O)N(C5CCC(=O)NC5=O)C6=O)CC4)CC3)c(F)c2)C(C)(C)C1Oc1ccc(C#N)c(Cl)c1. The van der Waals surface area contributed by atoms with E-state index < -0.39 is 46.3 Å². The van der Waals surface area contributed by atoms with Crippen LogP contribution in [0.2, 0.25) is 5.02 Å². The van der Waals surface area contributed by atoms with Gasteiger partial charge in [0.15, 0.2) is 0 Å². The van der Waals surface area contributed by atoms with E-state index in [9.17, 15) is 29.2 Å². The number of nitriles is 1. The summed E-state index contributed by atoms with van der Waals surface area (Å²) in [6.45, 7) is 13.5. The van der Waals surface area contributed by atoms with Crippen molar-refractivity contribution >= 4 is 52.5 Å². The van der Waals surface area contributed by atoms with Gasteiger partial charge >= 0.3 is 0 Å². The summed E-state index contributed by atoms with van der Waals surface area (Å²) >= 11 is 6.23. The summed E-state index contributed by atoms with van der Waals surface area (Å²) in [4.78, 5) is 71.7. The van der Waals surface area contributed by atoms with Gasteiger partial charge in [-0.15, -0.1) is 0 Å². The van der Waals surface area contributed by atoms with Gasteiger partial charge in [-0.3, -0.25) is 39.1 Å². The number of fused-ring (bicyclic) bond motifs is 1.